The molecule has 2 atom stereocenters. The minimum Gasteiger partial charge on any atom is -0.497 e. The number of carbonyl (C=O) groups excluding carboxylic acids is 2. The van der Waals surface area contributed by atoms with E-state index in [2.05, 4.69) is 5.32 Å². The van der Waals surface area contributed by atoms with E-state index in [1.54, 1.807) is 21.1 Å². The first-order chi connectivity index (χ1) is 18.4. The summed E-state index contributed by atoms with van der Waals surface area (Å²) >= 11 is 0. The Hall–Kier alpha value is -4.52. The van der Waals surface area contributed by atoms with Crippen LogP contribution in [0.1, 0.15) is 29.7 Å². The van der Waals surface area contributed by atoms with Crippen molar-refractivity contribution in [2.45, 2.75) is 25.0 Å². The molecule has 0 aromatic heterocycles. The van der Waals surface area contributed by atoms with E-state index in [1.807, 2.05) is 95.9 Å². The first-order valence-corrected chi connectivity index (χ1v) is 12.3. The van der Waals surface area contributed by atoms with Gasteiger partial charge in [0.25, 0.3) is 0 Å². The highest BCUT2D eigenvalue weighted by Gasteiger charge is 2.50. The number of hydrogen-bond donors (Lipinski definition) is 1. The van der Waals surface area contributed by atoms with Crippen molar-refractivity contribution in [2.75, 3.05) is 21.3 Å². The second-order valence-corrected chi connectivity index (χ2v) is 8.93. The number of methoxy groups -OCH3 is 3. The third-order valence-electron chi connectivity index (χ3n) is 6.53. The second kappa shape index (κ2) is 12.1. The van der Waals surface area contributed by atoms with Crippen molar-refractivity contribution in [1.82, 2.24) is 10.2 Å². The number of likely N-dealkylation sites (tertiary alicyclic amines) is 1. The van der Waals surface area contributed by atoms with Gasteiger partial charge in [-0.1, -0.05) is 66.7 Å². The lowest BCUT2D eigenvalue weighted by molar-refractivity contribution is -0.151. The van der Waals surface area contributed by atoms with Gasteiger partial charge in [0.2, 0.25) is 5.91 Å². The summed E-state index contributed by atoms with van der Waals surface area (Å²) in [5.74, 6) is 0.910. The fourth-order valence-electron chi connectivity index (χ4n) is 4.56. The largest absolute Gasteiger partial charge is 0.497 e. The number of ether oxygens (including phenoxy) is 3. The van der Waals surface area contributed by atoms with Gasteiger partial charge in [0.1, 0.15) is 17.5 Å². The van der Waals surface area contributed by atoms with E-state index >= 15 is 0 Å². The van der Waals surface area contributed by atoms with Crippen LogP contribution < -0.4 is 14.8 Å². The van der Waals surface area contributed by atoms with Crippen molar-refractivity contribution in [3.8, 4) is 11.5 Å². The zero-order valence-electron chi connectivity index (χ0n) is 22.0. The highest BCUT2D eigenvalue weighted by atomic mass is 16.5. The van der Waals surface area contributed by atoms with E-state index in [4.69, 9.17) is 14.2 Å². The van der Waals surface area contributed by atoms with Crippen LogP contribution in [0.3, 0.4) is 0 Å². The molecule has 1 aliphatic heterocycles. The molecule has 1 fully saturated rings. The number of carbonyl (C=O) groups is 2. The molecular weight excluding hydrogens is 480 g/mol. The van der Waals surface area contributed by atoms with Crippen LogP contribution in [0.5, 0.6) is 11.5 Å². The van der Waals surface area contributed by atoms with Gasteiger partial charge in [0, 0.05) is 11.8 Å². The molecule has 0 radical (unpaired) electrons. The SMILES string of the molecule is COC(=O)/C=C(\C)NC1C(=O)N(C(c2ccc(OC)cc2)c2ccc(OC)cc2)C1/C=C/c1ccccc1. The predicted molar refractivity (Wildman–Crippen MR) is 147 cm³/mol. The Labute approximate surface area is 223 Å². The van der Waals surface area contributed by atoms with Gasteiger partial charge >= 0.3 is 5.97 Å². The zero-order valence-corrected chi connectivity index (χ0v) is 22.0. The molecular formula is C31H32N2O5. The molecule has 1 amide bonds. The fourth-order valence-corrected chi connectivity index (χ4v) is 4.56. The van der Waals surface area contributed by atoms with Gasteiger partial charge in [-0.3, -0.25) is 4.79 Å². The quantitative estimate of drug-likeness (QED) is 0.240. The Bertz CT molecular complexity index is 1250. The van der Waals surface area contributed by atoms with Gasteiger partial charge in [-0.15, -0.1) is 0 Å². The average molecular weight is 513 g/mol. The van der Waals surface area contributed by atoms with Gasteiger partial charge in [-0.05, 0) is 47.9 Å². The molecule has 1 heterocycles. The number of rotatable bonds is 10. The van der Waals surface area contributed by atoms with Crippen molar-refractivity contribution in [3.05, 3.63) is 113 Å². The minimum atomic E-state index is -0.546. The Morgan fingerprint density at radius 3 is 1.92 bits per heavy atom. The van der Waals surface area contributed by atoms with Crippen LogP contribution >= 0.6 is 0 Å². The number of benzene rings is 3. The molecule has 1 saturated heterocycles. The highest BCUT2D eigenvalue weighted by Crippen LogP contribution is 2.39. The molecule has 0 aliphatic carbocycles. The van der Waals surface area contributed by atoms with Gasteiger partial charge in [-0.25, -0.2) is 4.79 Å². The average Bonchev–Trinajstić information content (AvgIpc) is 2.96. The summed E-state index contributed by atoms with van der Waals surface area (Å²) in [5, 5.41) is 3.22. The van der Waals surface area contributed by atoms with Crippen LogP contribution in [0.25, 0.3) is 6.08 Å². The van der Waals surface area contributed by atoms with E-state index < -0.39 is 12.0 Å². The number of amides is 1. The third-order valence-corrected chi connectivity index (χ3v) is 6.53. The van der Waals surface area contributed by atoms with Crippen LogP contribution in [-0.2, 0) is 14.3 Å². The lowest BCUT2D eigenvalue weighted by Crippen LogP contribution is -2.69. The molecule has 7 heteroatoms. The van der Waals surface area contributed by atoms with E-state index in [0.29, 0.717) is 5.70 Å². The lowest BCUT2D eigenvalue weighted by atomic mass is 9.86. The molecule has 7 nitrogen and oxygen atoms in total. The third kappa shape index (κ3) is 5.89. The molecule has 1 N–H and O–H groups in total. The smallest absolute Gasteiger partial charge is 0.332 e. The summed E-state index contributed by atoms with van der Waals surface area (Å²) in [4.78, 5) is 27.4. The summed E-state index contributed by atoms with van der Waals surface area (Å²) in [7, 11) is 4.57. The number of nitrogens with one attached hydrogen (secondary N) is 1. The summed E-state index contributed by atoms with van der Waals surface area (Å²) in [6.07, 6.45) is 5.38. The summed E-state index contributed by atoms with van der Waals surface area (Å²) < 4.78 is 15.5. The van der Waals surface area contributed by atoms with Crippen LogP contribution in [0.4, 0.5) is 0 Å². The number of β-lactam (4-membered cyclic amide) rings is 1. The fraction of sp³-hybridized carbons (Fsp3) is 0.226. The second-order valence-electron chi connectivity index (χ2n) is 8.93. The number of nitrogens with zero attached hydrogens (tertiary/aromatic N) is 1. The Kier molecular flexibility index (Phi) is 8.48. The Balaban J connectivity index is 1.74. The molecule has 0 spiro atoms. The maximum Gasteiger partial charge on any atom is 0.332 e. The van der Waals surface area contributed by atoms with E-state index in [-0.39, 0.29) is 18.0 Å². The highest BCUT2D eigenvalue weighted by molar-refractivity contribution is 5.92. The molecule has 38 heavy (non-hydrogen) atoms. The summed E-state index contributed by atoms with van der Waals surface area (Å²) in [6.45, 7) is 1.75. The van der Waals surface area contributed by atoms with Crippen molar-refractivity contribution in [2.24, 2.45) is 0 Å². The normalized spacial score (nSPS) is 17.3. The maximum atomic E-state index is 13.7. The van der Waals surface area contributed by atoms with Gasteiger partial charge in [0.15, 0.2) is 0 Å². The van der Waals surface area contributed by atoms with E-state index in [9.17, 15) is 9.59 Å². The summed E-state index contributed by atoms with van der Waals surface area (Å²) in [6, 6.07) is 24.2. The number of esters is 1. The molecule has 4 rings (SSSR count). The predicted octanol–water partition coefficient (Wildman–Crippen LogP) is 4.75. The van der Waals surface area contributed by atoms with Crippen LogP contribution in [-0.4, -0.2) is 50.2 Å². The van der Waals surface area contributed by atoms with E-state index in [0.717, 1.165) is 28.2 Å². The van der Waals surface area contributed by atoms with Crippen molar-refractivity contribution >= 4 is 18.0 Å². The van der Waals surface area contributed by atoms with Crippen LogP contribution in [0.2, 0.25) is 0 Å². The molecule has 3 aromatic carbocycles. The zero-order chi connectivity index (χ0) is 27.1. The molecule has 3 aromatic rings. The standard InChI is InChI=1S/C31H32N2O5/c1-21(20-28(34)38-4)32-29-27(19-10-22-8-6-5-7-9-22)33(31(29)35)30(23-11-15-25(36-2)16-12-23)24-13-17-26(37-3)18-14-24/h5-20,27,29-30,32H,1-4H3/b19-10+,21-20+. The van der Waals surface area contributed by atoms with Crippen molar-refractivity contribution in [1.29, 1.82) is 0 Å². The Morgan fingerprint density at radius 2 is 1.42 bits per heavy atom. The molecule has 196 valence electrons. The molecule has 1 aliphatic rings. The van der Waals surface area contributed by atoms with Gasteiger partial charge in [0.05, 0.1) is 33.4 Å². The van der Waals surface area contributed by atoms with Gasteiger partial charge < -0.3 is 24.4 Å². The minimum absolute atomic E-state index is 0.0815. The molecule has 2 unspecified atom stereocenters. The first kappa shape index (κ1) is 26.5. The molecule has 0 bridgehead atoms. The van der Waals surface area contributed by atoms with Crippen LogP contribution in [0, 0.1) is 0 Å². The van der Waals surface area contributed by atoms with E-state index in [1.165, 1.54) is 13.2 Å². The van der Waals surface area contributed by atoms with Gasteiger partial charge in [-0.2, -0.15) is 0 Å². The van der Waals surface area contributed by atoms with Crippen LogP contribution in [0.15, 0.2) is 96.7 Å². The topological polar surface area (TPSA) is 77.1 Å². The first-order valence-electron chi connectivity index (χ1n) is 12.3. The van der Waals surface area contributed by atoms with Crippen molar-refractivity contribution in [3.63, 3.8) is 0 Å². The Morgan fingerprint density at radius 1 is 0.868 bits per heavy atom. The van der Waals surface area contributed by atoms with Crippen molar-refractivity contribution < 1.29 is 23.8 Å². The monoisotopic (exact) mass is 512 g/mol. The summed E-state index contributed by atoms with van der Waals surface area (Å²) in [5.41, 5.74) is 3.47. The maximum absolute atomic E-state index is 13.7. The lowest BCUT2D eigenvalue weighted by Gasteiger charge is -2.50. The number of hydrogen-bond acceptors (Lipinski definition) is 6. The number of allylic oxidation sites excluding steroid dienone is 1. The molecule has 0 saturated carbocycles.